The van der Waals surface area contributed by atoms with Crippen LogP contribution in [0, 0.1) is 13.8 Å². The second-order valence-electron chi connectivity index (χ2n) is 8.12. The van der Waals surface area contributed by atoms with Crippen molar-refractivity contribution >= 4 is 44.9 Å². The molecule has 2 aromatic rings. The summed E-state index contributed by atoms with van der Waals surface area (Å²) < 4.78 is 39.0. The molecule has 0 unspecified atom stereocenters. The quantitative estimate of drug-likeness (QED) is 0.252. The monoisotopic (exact) mass is 533 g/mol. The van der Waals surface area contributed by atoms with Gasteiger partial charge in [0.1, 0.15) is 0 Å². The zero-order valence-corrected chi connectivity index (χ0v) is 21.3. The van der Waals surface area contributed by atoms with Gasteiger partial charge in [-0.3, -0.25) is 0 Å². The van der Waals surface area contributed by atoms with Crippen LogP contribution in [-0.2, 0) is 10.1 Å². The van der Waals surface area contributed by atoms with E-state index >= 15 is 0 Å². The first-order valence-electron chi connectivity index (χ1n) is 10.6. The number of carbonyl (C=O) groups is 1. The zero-order chi connectivity index (χ0) is 23.8. The normalized spacial score (nSPS) is 16.6. The second-order valence-corrected chi connectivity index (χ2v) is 14.4. The van der Waals surface area contributed by atoms with Gasteiger partial charge in [-0.25, -0.2) is 0 Å². The van der Waals surface area contributed by atoms with Crippen LogP contribution >= 0.6 is 0 Å². The molecule has 1 saturated heterocycles. The number of hydrogen-bond donors (Lipinski definition) is 0. The van der Waals surface area contributed by atoms with Crippen LogP contribution in [0.15, 0.2) is 36.4 Å². The predicted octanol–water partition coefficient (Wildman–Crippen LogP) is 3.81. The second kappa shape index (κ2) is 9.27. The molecule has 2 aromatic carbocycles. The van der Waals surface area contributed by atoms with E-state index in [2.05, 4.69) is 16.9 Å². The van der Waals surface area contributed by atoms with Crippen LogP contribution in [0.3, 0.4) is 0 Å². The van der Waals surface area contributed by atoms with Gasteiger partial charge in [0.05, 0.1) is 0 Å². The Balaban J connectivity index is 1.75. The van der Waals surface area contributed by atoms with Crippen molar-refractivity contribution in [1.29, 1.82) is 0 Å². The van der Waals surface area contributed by atoms with Gasteiger partial charge in [-0.2, -0.15) is 0 Å². The Morgan fingerprint density at radius 2 is 1.67 bits per heavy atom. The van der Waals surface area contributed by atoms with Crippen LogP contribution in [0.5, 0.6) is 11.5 Å². The van der Waals surface area contributed by atoms with Crippen LogP contribution in [0.4, 0.5) is 0 Å². The molecule has 1 fully saturated rings. The number of carbonyl (C=O) groups excluding carboxylic acids is 1. The van der Waals surface area contributed by atoms with Gasteiger partial charge in [0.25, 0.3) is 0 Å². The van der Waals surface area contributed by atoms with Crippen molar-refractivity contribution in [3.8, 4) is 11.5 Å². The molecule has 0 atom stereocenters. The first-order chi connectivity index (χ1) is 15.7. The first-order valence-corrected chi connectivity index (χ1v) is 15.3. The Morgan fingerprint density at radius 3 is 2.27 bits per heavy atom. The molecule has 33 heavy (non-hydrogen) atoms. The Kier molecular flexibility index (Phi) is 6.59. The number of aryl methyl sites for hydroxylation is 2. The number of hydrogen-bond acceptors (Lipinski definition) is 5. The summed E-state index contributed by atoms with van der Waals surface area (Å²) in [4.78, 5) is 15.3. The molecule has 1 heterocycles. The average molecular weight is 533 g/mol. The summed E-state index contributed by atoms with van der Waals surface area (Å²) in [5, 5.41) is 2.53. The molecule has 0 spiro atoms. The molecule has 1 aliphatic heterocycles. The molecule has 172 valence electrons. The summed E-state index contributed by atoms with van der Waals surface area (Å²) in [6.07, 6.45) is 4.85. The Labute approximate surface area is 198 Å². The molecule has 0 radical (unpaired) electrons. The molecule has 0 N–H and O–H groups in total. The SMILES string of the molecule is COc1ccc2c(c1)C(S(=O)(=O)Oc1c(C)cc([Se+]3CCCCC3)cc1C)=CC(=[N+]=[N-])C2=O. The summed E-state index contributed by atoms with van der Waals surface area (Å²) in [6.45, 7) is 3.71. The Hall–Kier alpha value is -2.70. The van der Waals surface area contributed by atoms with Gasteiger partial charge in [-0.15, -0.1) is 0 Å². The summed E-state index contributed by atoms with van der Waals surface area (Å²) in [7, 11) is -2.90. The van der Waals surface area contributed by atoms with Crippen molar-refractivity contribution in [1.82, 2.24) is 0 Å². The number of fused-ring (bicyclic) bond motifs is 1. The number of ketones is 1. The van der Waals surface area contributed by atoms with Crippen LogP contribution in [0.25, 0.3) is 10.4 Å². The minimum atomic E-state index is -4.35. The number of allylic oxidation sites excluding steroid dienone is 1. The number of benzene rings is 2. The predicted molar refractivity (Wildman–Crippen MR) is 128 cm³/mol. The van der Waals surface area contributed by atoms with Crippen LogP contribution in [0.1, 0.15) is 46.3 Å². The summed E-state index contributed by atoms with van der Waals surface area (Å²) in [6, 6.07) is 8.58. The first kappa shape index (κ1) is 23.5. The van der Waals surface area contributed by atoms with Crippen molar-refractivity contribution in [2.75, 3.05) is 7.11 Å². The van der Waals surface area contributed by atoms with E-state index in [0.29, 0.717) is 5.75 Å². The third-order valence-corrected chi connectivity index (χ3v) is 12.3. The molecule has 1 aliphatic carbocycles. The maximum absolute atomic E-state index is 13.4. The fraction of sp³-hybridized carbons (Fsp3) is 0.333. The Morgan fingerprint density at radius 1 is 1.00 bits per heavy atom. The van der Waals surface area contributed by atoms with Crippen molar-refractivity contribution < 1.29 is 26.9 Å². The zero-order valence-electron chi connectivity index (χ0n) is 18.8. The average Bonchev–Trinajstić information content (AvgIpc) is 2.81. The molecule has 0 aromatic heterocycles. The van der Waals surface area contributed by atoms with Crippen molar-refractivity contribution in [3.63, 3.8) is 0 Å². The van der Waals surface area contributed by atoms with E-state index in [4.69, 9.17) is 8.92 Å². The topological polar surface area (TPSA) is 106 Å². The number of Topliss-reactive ketones (excluding diaryl/α,β-unsaturated/α-hetero) is 1. The molecular weight excluding hydrogens is 507 g/mol. The molecule has 0 bridgehead atoms. The molecule has 0 saturated carbocycles. The molecule has 2 aliphatic rings. The van der Waals surface area contributed by atoms with E-state index in [9.17, 15) is 18.7 Å². The van der Waals surface area contributed by atoms with E-state index in [0.717, 1.165) is 17.2 Å². The van der Waals surface area contributed by atoms with E-state index < -0.39 is 29.8 Å². The molecule has 0 amide bonds. The van der Waals surface area contributed by atoms with E-state index in [-0.39, 0.29) is 27.5 Å². The van der Waals surface area contributed by atoms with Crippen LogP contribution in [0.2, 0.25) is 10.6 Å². The Bertz CT molecular complexity index is 1300. The van der Waals surface area contributed by atoms with Gasteiger partial charge >= 0.3 is 198 Å². The van der Waals surface area contributed by atoms with Gasteiger partial charge in [0.2, 0.25) is 0 Å². The summed E-state index contributed by atoms with van der Waals surface area (Å²) in [5.41, 5.74) is 10.7. The minimum absolute atomic E-state index is 0.0970. The van der Waals surface area contributed by atoms with Gasteiger partial charge in [0, 0.05) is 0 Å². The molecule has 7 nitrogen and oxygen atoms in total. The van der Waals surface area contributed by atoms with E-state index in [1.807, 2.05) is 13.8 Å². The maximum atomic E-state index is 13.4. The summed E-state index contributed by atoms with van der Waals surface area (Å²) in [5.74, 6) is 0.0920. The number of rotatable bonds is 5. The number of nitrogens with zero attached hydrogens (tertiary/aromatic N) is 2. The number of methoxy groups -OCH3 is 1. The molecule has 4 rings (SSSR count). The fourth-order valence-corrected chi connectivity index (χ4v) is 10.6. The van der Waals surface area contributed by atoms with Crippen molar-refractivity contribution in [3.05, 3.63) is 64.2 Å². The third kappa shape index (κ3) is 4.55. The third-order valence-electron chi connectivity index (χ3n) is 5.86. The van der Waals surface area contributed by atoms with E-state index in [1.165, 1.54) is 53.6 Å². The van der Waals surface area contributed by atoms with Gasteiger partial charge in [-0.1, -0.05) is 0 Å². The standard InChI is InChI=1S/C24H25N2O5SSe/c1-15-11-18(33-9-5-4-6-10-33)12-16(2)24(15)31-32(28,29)22-14-21(26-25)23(27)19-8-7-17(30-3)13-20(19)22/h7-8,11-14H,4-6,9-10H2,1-3H3/q+1. The number of ether oxygens (including phenoxy) is 1. The van der Waals surface area contributed by atoms with Crippen LogP contribution < -0.4 is 13.4 Å². The molecular formula is C24H25N2O5SSe+. The van der Waals surface area contributed by atoms with Crippen molar-refractivity contribution in [2.24, 2.45) is 0 Å². The van der Waals surface area contributed by atoms with Gasteiger partial charge < -0.3 is 0 Å². The fourth-order valence-electron chi connectivity index (χ4n) is 4.17. The van der Waals surface area contributed by atoms with Crippen LogP contribution in [-0.4, -0.2) is 45.7 Å². The van der Waals surface area contributed by atoms with Crippen molar-refractivity contribution in [2.45, 2.75) is 43.7 Å². The van der Waals surface area contributed by atoms with Gasteiger partial charge in [0.15, 0.2) is 0 Å². The molecule has 9 heteroatoms. The summed E-state index contributed by atoms with van der Waals surface area (Å²) >= 11 is -0.876. The van der Waals surface area contributed by atoms with Gasteiger partial charge in [-0.05, 0) is 0 Å². The van der Waals surface area contributed by atoms with E-state index in [1.54, 1.807) is 6.07 Å².